The number of aliphatic hydroxyl groups is 1. The number of hydrogen-bond donors (Lipinski definition) is 2. The predicted octanol–water partition coefficient (Wildman–Crippen LogP) is 5.30. The number of amides is 1. The molecule has 0 bridgehead atoms. The zero-order valence-corrected chi connectivity index (χ0v) is 20.7. The Kier molecular flexibility index (Phi) is 6.91. The number of aromatic hydroxyl groups is 1. The summed E-state index contributed by atoms with van der Waals surface area (Å²) in [5.74, 6) is -1.07. The molecule has 3 aromatic carbocycles. The number of nitrogens with zero attached hydrogens (tertiary/aromatic N) is 2. The first kappa shape index (κ1) is 24.8. The number of hydrogen-bond acceptors (Lipinski definition) is 6. The fraction of sp³-hybridized carbons (Fsp3) is 0.129. The minimum Gasteiger partial charge on any atom is -0.508 e. The predicted molar refractivity (Wildman–Crippen MR) is 142 cm³/mol. The van der Waals surface area contributed by atoms with Crippen LogP contribution in [0.4, 0.5) is 0 Å². The molecular weight excluding hydrogens is 480 g/mol. The zero-order chi connectivity index (χ0) is 26.6. The summed E-state index contributed by atoms with van der Waals surface area (Å²) in [6, 6.07) is 24.0. The summed E-state index contributed by atoms with van der Waals surface area (Å²) in [4.78, 5) is 32.0. The molecule has 0 radical (unpaired) electrons. The average molecular weight is 507 g/mol. The van der Waals surface area contributed by atoms with Gasteiger partial charge in [-0.2, -0.15) is 0 Å². The smallest absolute Gasteiger partial charge is 0.295 e. The van der Waals surface area contributed by atoms with Crippen molar-refractivity contribution in [1.29, 1.82) is 0 Å². The highest BCUT2D eigenvalue weighted by atomic mass is 16.5. The highest BCUT2D eigenvalue weighted by Gasteiger charge is 2.46. The van der Waals surface area contributed by atoms with E-state index in [0.29, 0.717) is 29.0 Å². The summed E-state index contributed by atoms with van der Waals surface area (Å²) in [7, 11) is 0. The molecule has 1 aromatic heterocycles. The van der Waals surface area contributed by atoms with Crippen LogP contribution in [0.1, 0.15) is 33.9 Å². The average Bonchev–Trinajstić information content (AvgIpc) is 3.18. The van der Waals surface area contributed by atoms with Crippen molar-refractivity contribution in [3.05, 3.63) is 131 Å². The number of aliphatic hydroxyl groups excluding tert-OH is 1. The molecule has 190 valence electrons. The standard InChI is InChI=1S/C31H26N2O5/c1-20-16-25(38-19-21-6-3-2-4-7-21)13-14-26(20)29(35)27-28(23-9-11-24(34)12-10-23)33(31(37)30(27)36)18-22-8-5-15-32-17-22/h2-17,28,34-35H,18-19H2,1H3/t28-/m1/s1. The summed E-state index contributed by atoms with van der Waals surface area (Å²) in [6.45, 7) is 2.34. The van der Waals surface area contributed by atoms with E-state index in [1.807, 2.05) is 43.3 Å². The number of ketones is 1. The molecule has 0 saturated carbocycles. The second-order valence-electron chi connectivity index (χ2n) is 9.13. The number of rotatable bonds is 7. The Bertz CT molecular complexity index is 1500. The Morgan fingerprint density at radius 2 is 1.68 bits per heavy atom. The molecule has 5 rings (SSSR count). The highest BCUT2D eigenvalue weighted by Crippen LogP contribution is 2.41. The van der Waals surface area contributed by atoms with Crippen LogP contribution in [0.2, 0.25) is 0 Å². The van der Waals surface area contributed by atoms with E-state index in [-0.39, 0.29) is 23.6 Å². The topological polar surface area (TPSA) is 100.0 Å². The van der Waals surface area contributed by atoms with Crippen LogP contribution < -0.4 is 4.74 Å². The maximum Gasteiger partial charge on any atom is 0.295 e. The molecule has 1 amide bonds. The van der Waals surface area contributed by atoms with Gasteiger partial charge in [0.05, 0.1) is 11.6 Å². The Hall–Kier alpha value is -4.91. The van der Waals surface area contributed by atoms with Gasteiger partial charge < -0.3 is 19.8 Å². The summed E-state index contributed by atoms with van der Waals surface area (Å²) in [5.41, 5.74) is 3.48. The van der Waals surface area contributed by atoms with Crippen LogP contribution in [0.3, 0.4) is 0 Å². The number of aryl methyl sites for hydroxylation is 1. The number of aromatic nitrogens is 1. The lowest BCUT2D eigenvalue weighted by Gasteiger charge is -2.25. The van der Waals surface area contributed by atoms with Crippen LogP contribution in [0, 0.1) is 6.92 Å². The van der Waals surface area contributed by atoms with Gasteiger partial charge in [-0.1, -0.05) is 48.5 Å². The number of carbonyl (C=O) groups excluding carboxylic acids is 2. The third kappa shape index (κ3) is 4.99. The van der Waals surface area contributed by atoms with Crippen molar-refractivity contribution in [2.75, 3.05) is 0 Å². The number of benzene rings is 3. The quantitative estimate of drug-likeness (QED) is 0.201. The summed E-state index contributed by atoms with van der Waals surface area (Å²) < 4.78 is 5.90. The molecule has 0 unspecified atom stereocenters. The van der Waals surface area contributed by atoms with E-state index in [2.05, 4.69) is 4.98 Å². The van der Waals surface area contributed by atoms with E-state index >= 15 is 0 Å². The highest BCUT2D eigenvalue weighted by molar-refractivity contribution is 6.46. The zero-order valence-electron chi connectivity index (χ0n) is 20.7. The summed E-state index contributed by atoms with van der Waals surface area (Å²) in [5, 5.41) is 21.2. The van der Waals surface area contributed by atoms with Gasteiger partial charge in [0.25, 0.3) is 11.7 Å². The van der Waals surface area contributed by atoms with E-state index in [4.69, 9.17) is 4.74 Å². The molecule has 4 aromatic rings. The Morgan fingerprint density at radius 3 is 2.37 bits per heavy atom. The molecule has 1 atom stereocenters. The minimum atomic E-state index is -0.843. The number of likely N-dealkylation sites (tertiary alicyclic amines) is 1. The van der Waals surface area contributed by atoms with Gasteiger partial charge in [-0.05, 0) is 65.6 Å². The number of Topliss-reactive ketones (excluding diaryl/α,β-unsaturated/α-hetero) is 1. The van der Waals surface area contributed by atoms with Crippen molar-refractivity contribution in [2.45, 2.75) is 26.1 Å². The second kappa shape index (κ2) is 10.6. The van der Waals surface area contributed by atoms with Crippen molar-refractivity contribution >= 4 is 17.4 Å². The Labute approximate surface area is 220 Å². The van der Waals surface area contributed by atoms with Crippen LogP contribution >= 0.6 is 0 Å². The van der Waals surface area contributed by atoms with Crippen molar-refractivity contribution in [3.63, 3.8) is 0 Å². The maximum atomic E-state index is 13.3. The molecular formula is C31H26N2O5. The van der Waals surface area contributed by atoms with Crippen LogP contribution in [-0.2, 0) is 22.7 Å². The van der Waals surface area contributed by atoms with Crippen molar-refractivity contribution in [2.24, 2.45) is 0 Å². The fourth-order valence-corrected chi connectivity index (χ4v) is 4.61. The number of ether oxygens (including phenoxy) is 1. The third-order valence-corrected chi connectivity index (χ3v) is 6.53. The number of carbonyl (C=O) groups is 2. The van der Waals surface area contributed by atoms with Crippen molar-refractivity contribution in [1.82, 2.24) is 9.88 Å². The molecule has 0 spiro atoms. The van der Waals surface area contributed by atoms with E-state index in [0.717, 1.165) is 11.1 Å². The fourth-order valence-electron chi connectivity index (χ4n) is 4.61. The van der Waals surface area contributed by atoms with E-state index < -0.39 is 17.7 Å². The van der Waals surface area contributed by atoms with Crippen LogP contribution in [0.15, 0.2) is 103 Å². The van der Waals surface area contributed by atoms with Gasteiger partial charge >= 0.3 is 0 Å². The van der Waals surface area contributed by atoms with Crippen LogP contribution in [-0.4, -0.2) is 31.8 Å². The molecule has 7 nitrogen and oxygen atoms in total. The van der Waals surface area contributed by atoms with Crippen molar-refractivity contribution < 1.29 is 24.5 Å². The van der Waals surface area contributed by atoms with Gasteiger partial charge in [0.1, 0.15) is 23.9 Å². The molecule has 1 aliphatic heterocycles. The van der Waals surface area contributed by atoms with E-state index in [9.17, 15) is 19.8 Å². The Balaban J connectivity index is 1.52. The van der Waals surface area contributed by atoms with Crippen LogP contribution in [0.25, 0.3) is 5.76 Å². The van der Waals surface area contributed by atoms with E-state index in [1.54, 1.807) is 48.8 Å². The first-order valence-corrected chi connectivity index (χ1v) is 12.2. The molecule has 38 heavy (non-hydrogen) atoms. The second-order valence-corrected chi connectivity index (χ2v) is 9.13. The minimum absolute atomic E-state index is 0.00867. The van der Waals surface area contributed by atoms with Gasteiger partial charge in [-0.25, -0.2) is 0 Å². The van der Waals surface area contributed by atoms with Gasteiger partial charge in [0.2, 0.25) is 0 Å². The molecule has 1 saturated heterocycles. The van der Waals surface area contributed by atoms with Gasteiger partial charge in [0, 0.05) is 24.5 Å². The molecule has 2 heterocycles. The molecule has 7 heteroatoms. The van der Waals surface area contributed by atoms with Crippen molar-refractivity contribution in [3.8, 4) is 11.5 Å². The molecule has 1 fully saturated rings. The van der Waals surface area contributed by atoms with Gasteiger partial charge in [0.15, 0.2) is 0 Å². The molecule has 0 aliphatic carbocycles. The first-order chi connectivity index (χ1) is 18.4. The number of pyridine rings is 1. The monoisotopic (exact) mass is 506 g/mol. The van der Waals surface area contributed by atoms with Crippen LogP contribution in [0.5, 0.6) is 11.5 Å². The first-order valence-electron chi connectivity index (χ1n) is 12.2. The lowest BCUT2D eigenvalue weighted by Crippen LogP contribution is -2.29. The summed E-state index contributed by atoms with van der Waals surface area (Å²) in [6.07, 6.45) is 3.26. The molecule has 2 N–H and O–H groups in total. The lowest BCUT2D eigenvalue weighted by molar-refractivity contribution is -0.140. The SMILES string of the molecule is Cc1cc(OCc2ccccc2)ccc1C(O)=C1C(=O)C(=O)N(Cc2cccnc2)[C@@H]1c1ccc(O)cc1. The molecule has 1 aliphatic rings. The maximum absolute atomic E-state index is 13.3. The third-order valence-electron chi connectivity index (χ3n) is 6.53. The summed E-state index contributed by atoms with van der Waals surface area (Å²) >= 11 is 0. The normalized spacial score (nSPS) is 16.6. The van der Waals surface area contributed by atoms with Gasteiger partial charge in [-0.15, -0.1) is 0 Å². The Morgan fingerprint density at radius 1 is 0.947 bits per heavy atom. The number of phenolic OH excluding ortho intramolecular Hbond substituents is 1. The number of phenols is 1. The van der Waals surface area contributed by atoms with E-state index in [1.165, 1.54) is 17.0 Å². The lowest BCUT2D eigenvalue weighted by atomic mass is 9.93. The largest absolute Gasteiger partial charge is 0.508 e. The van der Waals surface area contributed by atoms with Gasteiger partial charge in [-0.3, -0.25) is 14.6 Å².